The zero-order valence-corrected chi connectivity index (χ0v) is 11.2. The lowest BCUT2D eigenvalue weighted by Gasteiger charge is -2.21. The molecular formula is C13H18N2O2S. The number of carboxylic acid groups (broad SMARTS) is 1. The topological polar surface area (TPSA) is 62.2 Å². The van der Waals surface area contributed by atoms with Crippen molar-refractivity contribution in [1.82, 2.24) is 4.98 Å². The minimum absolute atomic E-state index is 0.0893. The van der Waals surface area contributed by atoms with Crippen molar-refractivity contribution >= 4 is 23.4 Å². The highest BCUT2D eigenvalue weighted by molar-refractivity contribution is 7.99. The number of hydrogen-bond donors (Lipinski definition) is 2. The van der Waals surface area contributed by atoms with Crippen molar-refractivity contribution in [3.63, 3.8) is 0 Å². The average Bonchev–Trinajstić information content (AvgIpc) is 2.78. The third-order valence-electron chi connectivity index (χ3n) is 3.17. The second-order valence-corrected chi connectivity index (χ2v) is 5.93. The normalized spacial score (nSPS) is 22.9. The SMILES string of the molecule is CCSC1CCCC1Nc1ccc(C(=O)O)nc1. The molecule has 98 valence electrons. The van der Waals surface area contributed by atoms with Gasteiger partial charge in [-0.2, -0.15) is 11.8 Å². The van der Waals surface area contributed by atoms with Gasteiger partial charge < -0.3 is 10.4 Å². The van der Waals surface area contributed by atoms with Crippen molar-refractivity contribution < 1.29 is 9.90 Å². The summed E-state index contributed by atoms with van der Waals surface area (Å²) < 4.78 is 0. The molecule has 1 aromatic rings. The Bertz CT molecular complexity index is 408. The molecule has 2 rings (SSSR count). The summed E-state index contributed by atoms with van der Waals surface area (Å²) in [7, 11) is 0. The third kappa shape index (κ3) is 3.16. The predicted molar refractivity (Wildman–Crippen MR) is 74.4 cm³/mol. The Morgan fingerprint density at radius 2 is 2.39 bits per heavy atom. The van der Waals surface area contributed by atoms with Crippen LogP contribution >= 0.6 is 11.8 Å². The summed E-state index contributed by atoms with van der Waals surface area (Å²) in [6.45, 7) is 2.18. The summed E-state index contributed by atoms with van der Waals surface area (Å²) in [5.41, 5.74) is 1.00. The summed E-state index contributed by atoms with van der Waals surface area (Å²) in [5, 5.41) is 12.9. The molecule has 2 atom stereocenters. The summed E-state index contributed by atoms with van der Waals surface area (Å²) in [6, 6.07) is 3.82. The number of carbonyl (C=O) groups is 1. The molecule has 0 saturated heterocycles. The van der Waals surface area contributed by atoms with Gasteiger partial charge in [-0.1, -0.05) is 13.3 Å². The lowest BCUT2D eigenvalue weighted by Crippen LogP contribution is -2.26. The summed E-state index contributed by atoms with van der Waals surface area (Å²) in [6.07, 6.45) is 5.31. The van der Waals surface area contributed by atoms with Gasteiger partial charge in [-0.3, -0.25) is 0 Å². The Kier molecular flexibility index (Phi) is 4.47. The Balaban J connectivity index is 1.98. The molecule has 1 aromatic heterocycles. The van der Waals surface area contributed by atoms with Crippen molar-refractivity contribution in [3.05, 3.63) is 24.0 Å². The van der Waals surface area contributed by atoms with Gasteiger partial charge in [0, 0.05) is 11.3 Å². The monoisotopic (exact) mass is 266 g/mol. The van der Waals surface area contributed by atoms with Crippen LogP contribution in [0.1, 0.15) is 36.7 Å². The van der Waals surface area contributed by atoms with Gasteiger partial charge in [0.25, 0.3) is 0 Å². The van der Waals surface area contributed by atoms with Gasteiger partial charge in [0.05, 0.1) is 11.9 Å². The molecular weight excluding hydrogens is 248 g/mol. The van der Waals surface area contributed by atoms with Gasteiger partial charge in [-0.25, -0.2) is 9.78 Å². The first-order chi connectivity index (χ1) is 8.70. The van der Waals surface area contributed by atoms with Gasteiger partial charge >= 0.3 is 5.97 Å². The third-order valence-corrected chi connectivity index (χ3v) is 4.49. The van der Waals surface area contributed by atoms with E-state index in [1.807, 2.05) is 11.8 Å². The van der Waals surface area contributed by atoms with Crippen LogP contribution in [0.25, 0.3) is 0 Å². The van der Waals surface area contributed by atoms with Crippen LogP contribution in [0.15, 0.2) is 18.3 Å². The molecule has 1 aliphatic rings. The van der Waals surface area contributed by atoms with Gasteiger partial charge in [-0.05, 0) is 30.7 Å². The number of nitrogens with zero attached hydrogens (tertiary/aromatic N) is 1. The van der Waals surface area contributed by atoms with Crippen LogP contribution in [-0.4, -0.2) is 33.1 Å². The van der Waals surface area contributed by atoms with Crippen molar-refractivity contribution in [3.8, 4) is 0 Å². The zero-order valence-electron chi connectivity index (χ0n) is 10.4. The smallest absolute Gasteiger partial charge is 0.354 e. The van der Waals surface area contributed by atoms with Crippen LogP contribution in [0.5, 0.6) is 0 Å². The first-order valence-corrected chi connectivity index (χ1v) is 7.33. The molecule has 1 heterocycles. The van der Waals surface area contributed by atoms with Crippen molar-refractivity contribution in [2.75, 3.05) is 11.1 Å². The van der Waals surface area contributed by atoms with Gasteiger partial charge in [0.2, 0.25) is 0 Å². The average molecular weight is 266 g/mol. The van der Waals surface area contributed by atoms with Crippen LogP contribution in [0, 0.1) is 0 Å². The van der Waals surface area contributed by atoms with E-state index in [0.717, 1.165) is 11.4 Å². The molecule has 1 fully saturated rings. The number of nitrogens with one attached hydrogen (secondary N) is 1. The maximum absolute atomic E-state index is 10.7. The number of carboxylic acids is 1. The van der Waals surface area contributed by atoms with E-state index >= 15 is 0 Å². The van der Waals surface area contributed by atoms with E-state index in [2.05, 4.69) is 17.2 Å². The molecule has 0 bridgehead atoms. The summed E-state index contributed by atoms with van der Waals surface area (Å²) >= 11 is 2.00. The summed E-state index contributed by atoms with van der Waals surface area (Å²) in [5.74, 6) is 0.154. The van der Waals surface area contributed by atoms with E-state index in [1.165, 1.54) is 19.3 Å². The second-order valence-electron chi connectivity index (χ2n) is 4.41. The Labute approximate surface area is 111 Å². The largest absolute Gasteiger partial charge is 0.477 e. The fraction of sp³-hybridized carbons (Fsp3) is 0.538. The number of aromatic carboxylic acids is 1. The van der Waals surface area contributed by atoms with Gasteiger partial charge in [0.1, 0.15) is 5.69 Å². The van der Waals surface area contributed by atoms with E-state index in [1.54, 1.807) is 18.3 Å². The summed E-state index contributed by atoms with van der Waals surface area (Å²) in [4.78, 5) is 14.6. The highest BCUT2D eigenvalue weighted by atomic mass is 32.2. The minimum atomic E-state index is -0.984. The molecule has 5 heteroatoms. The molecule has 0 aromatic carbocycles. The number of hydrogen-bond acceptors (Lipinski definition) is 4. The molecule has 4 nitrogen and oxygen atoms in total. The van der Waals surface area contributed by atoms with E-state index in [-0.39, 0.29) is 5.69 Å². The van der Waals surface area contributed by atoms with Crippen LogP contribution in [-0.2, 0) is 0 Å². The first-order valence-electron chi connectivity index (χ1n) is 6.28. The van der Waals surface area contributed by atoms with E-state index in [0.29, 0.717) is 11.3 Å². The van der Waals surface area contributed by atoms with E-state index in [4.69, 9.17) is 5.11 Å². The van der Waals surface area contributed by atoms with Gasteiger partial charge in [-0.15, -0.1) is 0 Å². The quantitative estimate of drug-likeness (QED) is 0.858. The maximum atomic E-state index is 10.7. The van der Waals surface area contributed by atoms with Crippen LogP contribution in [0.4, 0.5) is 5.69 Å². The predicted octanol–water partition coefficient (Wildman–Crippen LogP) is 2.87. The van der Waals surface area contributed by atoms with Crippen LogP contribution in [0.2, 0.25) is 0 Å². The maximum Gasteiger partial charge on any atom is 0.354 e. The Hall–Kier alpha value is -1.23. The standard InChI is InChI=1S/C13H18N2O2S/c1-2-18-12-5-3-4-10(12)15-9-6-7-11(13(16)17)14-8-9/h6-8,10,12,15H,2-5H2,1H3,(H,16,17). The van der Waals surface area contributed by atoms with Crippen molar-refractivity contribution in [2.45, 2.75) is 37.5 Å². The Morgan fingerprint density at radius 3 is 3.00 bits per heavy atom. The molecule has 0 aliphatic heterocycles. The molecule has 1 saturated carbocycles. The minimum Gasteiger partial charge on any atom is -0.477 e. The fourth-order valence-electron chi connectivity index (χ4n) is 2.32. The van der Waals surface area contributed by atoms with Crippen LogP contribution < -0.4 is 5.32 Å². The molecule has 0 radical (unpaired) electrons. The fourth-order valence-corrected chi connectivity index (χ4v) is 3.52. The molecule has 2 unspecified atom stereocenters. The van der Waals surface area contributed by atoms with E-state index < -0.39 is 5.97 Å². The Morgan fingerprint density at radius 1 is 1.56 bits per heavy atom. The molecule has 1 aliphatic carbocycles. The van der Waals surface area contributed by atoms with Crippen LogP contribution in [0.3, 0.4) is 0 Å². The van der Waals surface area contributed by atoms with E-state index in [9.17, 15) is 4.79 Å². The molecule has 2 N–H and O–H groups in total. The van der Waals surface area contributed by atoms with Crippen molar-refractivity contribution in [2.24, 2.45) is 0 Å². The highest BCUT2D eigenvalue weighted by Gasteiger charge is 2.26. The lowest BCUT2D eigenvalue weighted by molar-refractivity contribution is 0.0690. The second kappa shape index (κ2) is 6.09. The molecule has 18 heavy (non-hydrogen) atoms. The lowest BCUT2D eigenvalue weighted by atomic mass is 10.2. The number of thioether (sulfide) groups is 1. The molecule has 0 amide bonds. The number of pyridine rings is 1. The number of aromatic nitrogens is 1. The highest BCUT2D eigenvalue weighted by Crippen LogP contribution is 2.31. The molecule has 0 spiro atoms. The van der Waals surface area contributed by atoms with Crippen molar-refractivity contribution in [1.29, 1.82) is 0 Å². The number of anilines is 1. The number of rotatable bonds is 5. The van der Waals surface area contributed by atoms with Gasteiger partial charge in [0.15, 0.2) is 0 Å². The zero-order chi connectivity index (χ0) is 13.0. The first kappa shape index (κ1) is 13.2.